The number of rotatable bonds is 4. The zero-order chi connectivity index (χ0) is 15.7. The number of hydrogen-bond donors (Lipinski definition) is 1. The molecule has 1 aliphatic heterocycles. The predicted molar refractivity (Wildman–Crippen MR) is 80.2 cm³/mol. The van der Waals surface area contributed by atoms with E-state index in [9.17, 15) is 14.7 Å². The Morgan fingerprint density at radius 2 is 2.00 bits per heavy atom. The van der Waals surface area contributed by atoms with Crippen LogP contribution in [0.4, 0.5) is 0 Å². The summed E-state index contributed by atoms with van der Waals surface area (Å²) in [4.78, 5) is 25.8. The van der Waals surface area contributed by atoms with Crippen LogP contribution >= 0.6 is 0 Å². The molecule has 1 amide bonds. The van der Waals surface area contributed by atoms with E-state index < -0.39 is 11.9 Å². The third-order valence-electron chi connectivity index (χ3n) is 5.05. The van der Waals surface area contributed by atoms with Crippen molar-refractivity contribution in [1.29, 1.82) is 0 Å². The Kier molecular flexibility index (Phi) is 4.23. The summed E-state index contributed by atoms with van der Waals surface area (Å²) in [6.45, 7) is 2.74. The minimum absolute atomic E-state index is 0.00204. The highest BCUT2D eigenvalue weighted by molar-refractivity contribution is 5.86. The first-order valence-corrected chi connectivity index (χ1v) is 8.23. The Balaban J connectivity index is 1.77. The molecular formula is C17H23NO4. The van der Waals surface area contributed by atoms with Crippen LogP contribution in [0, 0.1) is 11.8 Å². The zero-order valence-electron chi connectivity index (χ0n) is 13.0. The topological polar surface area (TPSA) is 70.8 Å². The minimum Gasteiger partial charge on any atom is -0.481 e. The van der Waals surface area contributed by atoms with Gasteiger partial charge in [-0.1, -0.05) is 6.92 Å². The fourth-order valence-electron chi connectivity index (χ4n) is 3.56. The van der Waals surface area contributed by atoms with Crippen molar-refractivity contribution in [2.45, 2.75) is 51.5 Å². The molecule has 0 bridgehead atoms. The molecule has 3 atom stereocenters. The number of nitrogens with zero attached hydrogens (tertiary/aromatic N) is 1. The molecule has 5 heteroatoms. The van der Waals surface area contributed by atoms with E-state index in [1.165, 1.54) is 0 Å². The molecule has 2 fully saturated rings. The molecule has 1 saturated carbocycles. The van der Waals surface area contributed by atoms with E-state index in [1.54, 1.807) is 0 Å². The Bertz CT molecular complexity index is 565. The van der Waals surface area contributed by atoms with Gasteiger partial charge in [0.05, 0.1) is 17.9 Å². The second-order valence-electron chi connectivity index (χ2n) is 6.33. The molecule has 3 unspecified atom stereocenters. The van der Waals surface area contributed by atoms with Crippen molar-refractivity contribution < 1.29 is 19.1 Å². The highest BCUT2D eigenvalue weighted by atomic mass is 16.4. The van der Waals surface area contributed by atoms with Crippen LogP contribution in [0.1, 0.15) is 56.6 Å². The molecule has 1 saturated heterocycles. The number of carboxylic acids is 1. The van der Waals surface area contributed by atoms with Crippen LogP contribution in [0.25, 0.3) is 0 Å². The molecule has 22 heavy (non-hydrogen) atoms. The molecule has 2 aliphatic rings. The van der Waals surface area contributed by atoms with E-state index in [-0.39, 0.29) is 17.9 Å². The third-order valence-corrected chi connectivity index (χ3v) is 5.05. The van der Waals surface area contributed by atoms with Crippen molar-refractivity contribution >= 4 is 11.9 Å². The normalized spacial score (nSPS) is 28.2. The van der Waals surface area contributed by atoms with Crippen molar-refractivity contribution in [3.8, 4) is 0 Å². The second kappa shape index (κ2) is 6.15. The summed E-state index contributed by atoms with van der Waals surface area (Å²) >= 11 is 0. The first-order valence-electron chi connectivity index (χ1n) is 8.23. The maximum absolute atomic E-state index is 12.8. The van der Waals surface area contributed by atoms with E-state index in [4.69, 9.17) is 4.42 Å². The van der Waals surface area contributed by atoms with Crippen LogP contribution in [0.15, 0.2) is 16.5 Å². The van der Waals surface area contributed by atoms with Gasteiger partial charge in [-0.25, -0.2) is 0 Å². The van der Waals surface area contributed by atoms with Gasteiger partial charge in [0.15, 0.2) is 0 Å². The maximum Gasteiger partial charge on any atom is 0.307 e. The van der Waals surface area contributed by atoms with E-state index in [0.29, 0.717) is 19.4 Å². The van der Waals surface area contributed by atoms with Crippen LogP contribution in [0.5, 0.6) is 0 Å². The molecule has 0 aromatic carbocycles. The SMILES string of the molecule is CCc1ccc(C2CCCCN2C(=O)C2CCC2C(=O)O)o1. The monoisotopic (exact) mass is 305 g/mol. The molecule has 2 heterocycles. The van der Waals surface area contributed by atoms with Crippen LogP contribution < -0.4 is 0 Å². The quantitative estimate of drug-likeness (QED) is 0.928. The van der Waals surface area contributed by atoms with E-state index in [0.717, 1.165) is 37.2 Å². The Hall–Kier alpha value is -1.78. The molecule has 0 radical (unpaired) electrons. The summed E-state index contributed by atoms with van der Waals surface area (Å²) in [5.41, 5.74) is 0. The highest BCUT2D eigenvalue weighted by Gasteiger charge is 2.45. The second-order valence-corrected chi connectivity index (χ2v) is 6.33. The lowest BCUT2D eigenvalue weighted by Crippen LogP contribution is -2.48. The summed E-state index contributed by atoms with van der Waals surface area (Å²) in [7, 11) is 0. The average molecular weight is 305 g/mol. The lowest BCUT2D eigenvalue weighted by molar-refractivity contribution is -0.158. The first kappa shape index (κ1) is 15.1. The Morgan fingerprint density at radius 1 is 1.23 bits per heavy atom. The minimum atomic E-state index is -0.843. The number of aliphatic carboxylic acids is 1. The third kappa shape index (κ3) is 2.64. The maximum atomic E-state index is 12.8. The molecular weight excluding hydrogens is 282 g/mol. The lowest BCUT2D eigenvalue weighted by atomic mass is 9.72. The Labute approximate surface area is 130 Å². The van der Waals surface area contributed by atoms with Crippen LogP contribution in [-0.2, 0) is 16.0 Å². The van der Waals surface area contributed by atoms with Gasteiger partial charge in [0.1, 0.15) is 11.5 Å². The number of aryl methyl sites for hydroxylation is 1. The standard InChI is InChI=1S/C17H23NO4/c1-2-11-6-9-15(22-11)14-5-3-4-10-18(14)16(19)12-7-8-13(12)17(20)21/h6,9,12-14H,2-5,7-8,10H2,1H3,(H,20,21). The van der Waals surface area contributed by atoms with Crippen molar-refractivity contribution in [3.63, 3.8) is 0 Å². The van der Waals surface area contributed by atoms with Gasteiger partial charge in [-0.3, -0.25) is 9.59 Å². The molecule has 120 valence electrons. The lowest BCUT2D eigenvalue weighted by Gasteiger charge is -2.41. The number of amides is 1. The van der Waals surface area contributed by atoms with Crippen LogP contribution in [0.3, 0.4) is 0 Å². The number of furan rings is 1. The molecule has 5 nitrogen and oxygen atoms in total. The van der Waals surface area contributed by atoms with E-state index in [2.05, 4.69) is 0 Å². The fraction of sp³-hybridized carbons (Fsp3) is 0.647. The summed E-state index contributed by atoms with van der Waals surface area (Å²) in [6.07, 6.45) is 5.09. The molecule has 3 rings (SSSR count). The van der Waals surface area contributed by atoms with Gasteiger partial charge in [0, 0.05) is 13.0 Å². The van der Waals surface area contributed by atoms with Gasteiger partial charge in [-0.15, -0.1) is 0 Å². The van der Waals surface area contributed by atoms with E-state index in [1.807, 2.05) is 24.0 Å². The first-order chi connectivity index (χ1) is 10.6. The molecule has 0 spiro atoms. The summed E-state index contributed by atoms with van der Waals surface area (Å²) in [5, 5.41) is 9.18. The summed E-state index contributed by atoms with van der Waals surface area (Å²) in [6, 6.07) is 3.90. The summed E-state index contributed by atoms with van der Waals surface area (Å²) < 4.78 is 5.85. The molecule has 1 aromatic heterocycles. The van der Waals surface area contributed by atoms with Crippen molar-refractivity contribution in [3.05, 3.63) is 23.7 Å². The van der Waals surface area contributed by atoms with Gasteiger partial charge in [0.25, 0.3) is 0 Å². The average Bonchev–Trinajstić information content (AvgIpc) is 2.94. The largest absolute Gasteiger partial charge is 0.481 e. The predicted octanol–water partition coefficient (Wildman–Crippen LogP) is 3.01. The molecule has 1 aliphatic carbocycles. The van der Waals surface area contributed by atoms with Gasteiger partial charge in [-0.2, -0.15) is 0 Å². The fourth-order valence-corrected chi connectivity index (χ4v) is 3.56. The number of carbonyl (C=O) groups excluding carboxylic acids is 1. The number of piperidine rings is 1. The van der Waals surface area contributed by atoms with Crippen molar-refractivity contribution in [2.24, 2.45) is 11.8 Å². The highest BCUT2D eigenvalue weighted by Crippen LogP contribution is 2.40. The van der Waals surface area contributed by atoms with E-state index >= 15 is 0 Å². The van der Waals surface area contributed by atoms with Crippen LogP contribution in [0.2, 0.25) is 0 Å². The Morgan fingerprint density at radius 3 is 2.59 bits per heavy atom. The smallest absolute Gasteiger partial charge is 0.307 e. The number of likely N-dealkylation sites (tertiary alicyclic amines) is 1. The summed E-state index contributed by atoms with van der Waals surface area (Å²) in [5.74, 6) is 0.0786. The number of carboxylic acid groups (broad SMARTS) is 1. The number of carbonyl (C=O) groups is 2. The van der Waals surface area contributed by atoms with Crippen molar-refractivity contribution in [1.82, 2.24) is 4.90 Å². The van der Waals surface area contributed by atoms with Crippen molar-refractivity contribution in [2.75, 3.05) is 6.54 Å². The molecule has 1 N–H and O–H groups in total. The van der Waals surface area contributed by atoms with Gasteiger partial charge < -0.3 is 14.4 Å². The van der Waals surface area contributed by atoms with Gasteiger partial charge >= 0.3 is 5.97 Å². The zero-order valence-corrected chi connectivity index (χ0v) is 13.0. The van der Waals surface area contributed by atoms with Gasteiger partial charge in [-0.05, 0) is 44.2 Å². The molecule has 1 aromatic rings. The number of hydrogen-bond acceptors (Lipinski definition) is 3. The van der Waals surface area contributed by atoms with Gasteiger partial charge in [0.2, 0.25) is 5.91 Å². The van der Waals surface area contributed by atoms with Crippen LogP contribution in [-0.4, -0.2) is 28.4 Å².